The zero-order chi connectivity index (χ0) is 12.1. The van der Waals surface area contributed by atoms with Crippen molar-refractivity contribution < 1.29 is 0 Å². The SMILES string of the molecule is CNCC1(c2ccc(Cl)cc2Cl)CC2(CC2)C1. The van der Waals surface area contributed by atoms with E-state index in [-0.39, 0.29) is 5.41 Å². The Kier molecular flexibility index (Phi) is 2.70. The molecule has 3 rings (SSSR count). The minimum absolute atomic E-state index is 0.243. The van der Waals surface area contributed by atoms with Gasteiger partial charge in [0.2, 0.25) is 0 Å². The summed E-state index contributed by atoms with van der Waals surface area (Å²) in [5.41, 5.74) is 2.18. The van der Waals surface area contributed by atoms with Crippen molar-refractivity contribution in [3.05, 3.63) is 33.8 Å². The first-order chi connectivity index (χ1) is 8.09. The van der Waals surface area contributed by atoms with E-state index >= 15 is 0 Å². The van der Waals surface area contributed by atoms with Gasteiger partial charge >= 0.3 is 0 Å². The predicted molar refractivity (Wildman–Crippen MR) is 73.0 cm³/mol. The molecule has 0 amide bonds. The van der Waals surface area contributed by atoms with Crippen LogP contribution in [0.15, 0.2) is 18.2 Å². The van der Waals surface area contributed by atoms with Crippen molar-refractivity contribution in [1.82, 2.24) is 5.32 Å². The Morgan fingerprint density at radius 3 is 2.47 bits per heavy atom. The second-order valence-corrected chi connectivity index (χ2v) is 6.63. The van der Waals surface area contributed by atoms with Crippen molar-refractivity contribution in [2.24, 2.45) is 5.41 Å². The number of hydrogen-bond donors (Lipinski definition) is 1. The average Bonchev–Trinajstić information content (AvgIpc) is 2.97. The van der Waals surface area contributed by atoms with Gasteiger partial charge in [0.25, 0.3) is 0 Å². The Bertz CT molecular complexity index is 444. The molecule has 0 saturated heterocycles. The van der Waals surface area contributed by atoms with Crippen LogP contribution in [0.5, 0.6) is 0 Å². The summed E-state index contributed by atoms with van der Waals surface area (Å²) in [5.74, 6) is 0. The lowest BCUT2D eigenvalue weighted by Gasteiger charge is -2.49. The van der Waals surface area contributed by atoms with Crippen LogP contribution in [0.2, 0.25) is 10.0 Å². The Morgan fingerprint density at radius 1 is 1.24 bits per heavy atom. The molecule has 1 aromatic carbocycles. The van der Waals surface area contributed by atoms with E-state index in [2.05, 4.69) is 11.4 Å². The highest BCUT2D eigenvalue weighted by Gasteiger charge is 2.61. The van der Waals surface area contributed by atoms with E-state index in [1.807, 2.05) is 19.2 Å². The molecule has 17 heavy (non-hydrogen) atoms. The van der Waals surface area contributed by atoms with Gasteiger partial charge in [0.05, 0.1) is 0 Å². The third-order valence-electron chi connectivity index (χ3n) is 4.40. The van der Waals surface area contributed by atoms with Gasteiger partial charge in [0, 0.05) is 22.0 Å². The van der Waals surface area contributed by atoms with Crippen molar-refractivity contribution in [2.75, 3.05) is 13.6 Å². The summed E-state index contributed by atoms with van der Waals surface area (Å²) in [6.07, 6.45) is 5.37. The molecule has 2 fully saturated rings. The number of hydrogen-bond acceptors (Lipinski definition) is 1. The van der Waals surface area contributed by atoms with Gasteiger partial charge in [-0.2, -0.15) is 0 Å². The molecule has 0 radical (unpaired) electrons. The number of benzene rings is 1. The fourth-order valence-electron chi connectivity index (χ4n) is 3.58. The van der Waals surface area contributed by atoms with Crippen LogP contribution in [0, 0.1) is 5.41 Å². The fourth-order valence-corrected chi connectivity index (χ4v) is 4.19. The fraction of sp³-hybridized carbons (Fsp3) is 0.571. The van der Waals surface area contributed by atoms with Crippen molar-refractivity contribution in [1.29, 1.82) is 0 Å². The van der Waals surface area contributed by atoms with Gasteiger partial charge in [-0.25, -0.2) is 0 Å². The maximum absolute atomic E-state index is 6.36. The third kappa shape index (κ3) is 1.89. The molecule has 2 aliphatic rings. The third-order valence-corrected chi connectivity index (χ3v) is 4.95. The van der Waals surface area contributed by atoms with Gasteiger partial charge in [-0.3, -0.25) is 0 Å². The summed E-state index contributed by atoms with van der Waals surface area (Å²) in [4.78, 5) is 0. The van der Waals surface area contributed by atoms with E-state index in [4.69, 9.17) is 23.2 Å². The first-order valence-electron chi connectivity index (χ1n) is 6.19. The highest BCUT2D eigenvalue weighted by Crippen LogP contribution is 2.69. The van der Waals surface area contributed by atoms with Crippen LogP contribution in [-0.2, 0) is 5.41 Å². The molecule has 0 aromatic heterocycles. The standard InChI is InChI=1S/C14H17Cl2N/c1-17-9-14(7-13(8-14)4-5-13)11-3-2-10(15)6-12(11)16/h2-3,6,17H,4-5,7-9H2,1H3. The first-order valence-corrected chi connectivity index (χ1v) is 6.95. The summed E-state index contributed by atoms with van der Waals surface area (Å²) in [5, 5.41) is 4.87. The van der Waals surface area contributed by atoms with E-state index < -0.39 is 0 Å². The van der Waals surface area contributed by atoms with E-state index in [0.29, 0.717) is 5.41 Å². The summed E-state index contributed by atoms with van der Waals surface area (Å²) in [7, 11) is 2.02. The summed E-state index contributed by atoms with van der Waals surface area (Å²) < 4.78 is 0. The largest absolute Gasteiger partial charge is 0.319 e. The first kappa shape index (κ1) is 11.8. The Hall–Kier alpha value is -0.240. The van der Waals surface area contributed by atoms with Crippen molar-refractivity contribution in [3.8, 4) is 0 Å². The predicted octanol–water partition coefficient (Wildman–Crippen LogP) is 4.02. The Morgan fingerprint density at radius 2 is 1.94 bits per heavy atom. The normalized spacial score (nSPS) is 23.5. The molecule has 1 aromatic rings. The summed E-state index contributed by atoms with van der Waals surface area (Å²) in [6, 6.07) is 5.93. The van der Waals surface area contributed by atoms with Crippen LogP contribution in [0.1, 0.15) is 31.2 Å². The molecule has 0 unspecified atom stereocenters. The van der Waals surface area contributed by atoms with Gasteiger partial charge in [-0.15, -0.1) is 0 Å². The summed E-state index contributed by atoms with van der Waals surface area (Å²) >= 11 is 12.3. The molecule has 1 N–H and O–H groups in total. The molecule has 1 nitrogen and oxygen atoms in total. The van der Waals surface area contributed by atoms with Gasteiger partial charge in [0.15, 0.2) is 0 Å². The Balaban J connectivity index is 1.93. The van der Waals surface area contributed by atoms with Gasteiger partial charge in [-0.1, -0.05) is 29.3 Å². The molecule has 0 bridgehead atoms. The van der Waals surface area contributed by atoms with Crippen LogP contribution in [-0.4, -0.2) is 13.6 Å². The lowest BCUT2D eigenvalue weighted by Crippen LogP contribution is -2.49. The van der Waals surface area contributed by atoms with Crippen molar-refractivity contribution >= 4 is 23.2 Å². The molecule has 2 aliphatic carbocycles. The molecule has 0 aliphatic heterocycles. The van der Waals surface area contributed by atoms with E-state index in [9.17, 15) is 0 Å². The van der Waals surface area contributed by atoms with E-state index in [1.165, 1.54) is 31.2 Å². The van der Waals surface area contributed by atoms with Crippen LogP contribution in [0.25, 0.3) is 0 Å². The van der Waals surface area contributed by atoms with E-state index in [0.717, 1.165) is 16.6 Å². The smallest absolute Gasteiger partial charge is 0.0458 e. The lowest BCUT2D eigenvalue weighted by molar-refractivity contribution is 0.118. The van der Waals surface area contributed by atoms with Crippen molar-refractivity contribution in [2.45, 2.75) is 31.1 Å². The number of nitrogens with one attached hydrogen (secondary N) is 1. The van der Waals surface area contributed by atoms with Crippen LogP contribution >= 0.6 is 23.2 Å². The maximum Gasteiger partial charge on any atom is 0.0458 e. The quantitative estimate of drug-likeness (QED) is 0.874. The molecule has 3 heteroatoms. The zero-order valence-corrected chi connectivity index (χ0v) is 11.5. The molecular weight excluding hydrogens is 253 g/mol. The van der Waals surface area contributed by atoms with Gasteiger partial charge in [-0.05, 0) is 55.8 Å². The monoisotopic (exact) mass is 269 g/mol. The minimum atomic E-state index is 0.243. The number of likely N-dealkylation sites (N-methyl/N-ethyl adjacent to an activating group) is 1. The van der Waals surface area contributed by atoms with Crippen molar-refractivity contribution in [3.63, 3.8) is 0 Å². The van der Waals surface area contributed by atoms with Crippen LogP contribution in [0.4, 0.5) is 0 Å². The lowest BCUT2D eigenvalue weighted by atomic mass is 9.56. The highest BCUT2D eigenvalue weighted by atomic mass is 35.5. The Labute approximate surface area is 112 Å². The van der Waals surface area contributed by atoms with Gasteiger partial charge < -0.3 is 5.32 Å². The average molecular weight is 270 g/mol. The number of rotatable bonds is 3. The minimum Gasteiger partial charge on any atom is -0.319 e. The van der Waals surface area contributed by atoms with Crippen LogP contribution in [0.3, 0.4) is 0 Å². The molecule has 0 heterocycles. The molecule has 2 saturated carbocycles. The second-order valence-electron chi connectivity index (χ2n) is 5.79. The molecule has 92 valence electrons. The number of halogens is 2. The molecule has 1 spiro atoms. The van der Waals surface area contributed by atoms with Crippen LogP contribution < -0.4 is 5.32 Å². The second kappa shape index (κ2) is 3.88. The maximum atomic E-state index is 6.36. The van der Waals surface area contributed by atoms with E-state index in [1.54, 1.807) is 0 Å². The van der Waals surface area contributed by atoms with Gasteiger partial charge in [0.1, 0.15) is 0 Å². The summed E-state index contributed by atoms with van der Waals surface area (Å²) in [6.45, 7) is 1.01. The molecule has 0 atom stereocenters. The topological polar surface area (TPSA) is 12.0 Å². The zero-order valence-electron chi connectivity index (χ0n) is 10.0. The highest BCUT2D eigenvalue weighted by molar-refractivity contribution is 6.35. The molecular formula is C14H17Cl2N.